The van der Waals surface area contributed by atoms with Crippen LogP contribution in [-0.4, -0.2) is 44.8 Å². The maximum absolute atomic E-state index is 12.2. The lowest BCUT2D eigenvalue weighted by Crippen LogP contribution is -2.37. The summed E-state index contributed by atoms with van der Waals surface area (Å²) in [6, 6.07) is 7.30. The van der Waals surface area contributed by atoms with E-state index < -0.39 is 0 Å². The molecule has 1 aliphatic heterocycles. The van der Waals surface area contributed by atoms with Crippen molar-refractivity contribution in [1.29, 1.82) is 0 Å². The van der Waals surface area contributed by atoms with Crippen molar-refractivity contribution in [3.05, 3.63) is 24.3 Å². The highest BCUT2D eigenvalue weighted by Crippen LogP contribution is 2.23. The van der Waals surface area contributed by atoms with Crippen LogP contribution in [0.3, 0.4) is 0 Å². The van der Waals surface area contributed by atoms with Gasteiger partial charge in [-0.1, -0.05) is 12.1 Å². The maximum atomic E-state index is 12.2. The van der Waals surface area contributed by atoms with E-state index in [2.05, 4.69) is 5.32 Å². The molecule has 2 rings (SSSR count). The van der Waals surface area contributed by atoms with Crippen molar-refractivity contribution < 1.29 is 14.3 Å². The van der Waals surface area contributed by atoms with Gasteiger partial charge in [-0.05, 0) is 30.9 Å². The molecule has 5 nitrogen and oxygen atoms in total. The minimum atomic E-state index is -0.110. The molecule has 0 radical (unpaired) electrons. The lowest BCUT2D eigenvalue weighted by Gasteiger charge is -2.27. The quantitative estimate of drug-likeness (QED) is 0.921. The van der Waals surface area contributed by atoms with Gasteiger partial charge in [0.05, 0.1) is 12.8 Å². The van der Waals surface area contributed by atoms with Crippen LogP contribution in [0, 0.1) is 5.92 Å². The Morgan fingerprint density at radius 3 is 2.80 bits per heavy atom. The molecular weight excluding hydrogens is 256 g/mol. The number of benzene rings is 1. The molecule has 0 aliphatic carbocycles. The fourth-order valence-corrected chi connectivity index (χ4v) is 2.36. The number of carbonyl (C=O) groups is 1. The molecule has 1 saturated heterocycles. The first-order valence-corrected chi connectivity index (χ1v) is 6.93. The van der Waals surface area contributed by atoms with Crippen LogP contribution in [0.1, 0.15) is 12.8 Å². The number of urea groups is 1. The van der Waals surface area contributed by atoms with E-state index in [-0.39, 0.29) is 6.03 Å². The molecule has 1 N–H and O–H groups in total. The molecule has 110 valence electrons. The molecule has 0 unspecified atom stereocenters. The average Bonchev–Trinajstić information content (AvgIpc) is 2.48. The SMILES string of the molecule is COc1ccccc1NC(=O)N(C)CC1CCOCC1. The highest BCUT2D eigenvalue weighted by Gasteiger charge is 2.19. The largest absolute Gasteiger partial charge is 0.495 e. The molecule has 0 spiro atoms. The number of methoxy groups -OCH3 is 1. The van der Waals surface area contributed by atoms with Crippen LogP contribution in [0.15, 0.2) is 24.3 Å². The minimum Gasteiger partial charge on any atom is -0.495 e. The summed E-state index contributed by atoms with van der Waals surface area (Å²) in [7, 11) is 3.41. The minimum absolute atomic E-state index is 0.110. The van der Waals surface area contributed by atoms with Gasteiger partial charge < -0.3 is 19.7 Å². The van der Waals surface area contributed by atoms with Crippen molar-refractivity contribution in [3.8, 4) is 5.75 Å². The number of hydrogen-bond acceptors (Lipinski definition) is 3. The van der Waals surface area contributed by atoms with E-state index in [0.717, 1.165) is 32.6 Å². The fourth-order valence-electron chi connectivity index (χ4n) is 2.36. The number of nitrogens with one attached hydrogen (secondary N) is 1. The zero-order valence-electron chi connectivity index (χ0n) is 12.1. The van der Waals surface area contributed by atoms with Crippen LogP contribution < -0.4 is 10.1 Å². The standard InChI is InChI=1S/C15H22N2O3/c1-17(11-12-7-9-20-10-8-12)15(18)16-13-5-3-4-6-14(13)19-2/h3-6,12H,7-11H2,1-2H3,(H,16,18). The van der Waals surface area contributed by atoms with E-state index in [9.17, 15) is 4.79 Å². The molecule has 2 amide bonds. The lowest BCUT2D eigenvalue weighted by atomic mass is 10.00. The normalized spacial score (nSPS) is 15.7. The van der Waals surface area contributed by atoms with Crippen molar-refractivity contribution in [3.63, 3.8) is 0 Å². The Morgan fingerprint density at radius 2 is 2.10 bits per heavy atom. The highest BCUT2D eigenvalue weighted by atomic mass is 16.5. The molecule has 0 bridgehead atoms. The Morgan fingerprint density at radius 1 is 1.40 bits per heavy atom. The summed E-state index contributed by atoms with van der Waals surface area (Å²) in [6.07, 6.45) is 2.04. The van der Waals surface area contributed by atoms with Crippen LogP contribution in [0.5, 0.6) is 5.75 Å². The molecule has 0 atom stereocenters. The number of nitrogens with zero attached hydrogens (tertiary/aromatic N) is 1. The van der Waals surface area contributed by atoms with Gasteiger partial charge in [-0.3, -0.25) is 0 Å². The molecule has 1 fully saturated rings. The number of anilines is 1. The number of hydrogen-bond donors (Lipinski definition) is 1. The second-order valence-corrected chi connectivity index (χ2v) is 5.07. The lowest BCUT2D eigenvalue weighted by molar-refractivity contribution is 0.0592. The molecule has 0 aromatic heterocycles. The van der Waals surface area contributed by atoms with E-state index in [1.807, 2.05) is 31.3 Å². The van der Waals surface area contributed by atoms with Crippen molar-refractivity contribution in [2.45, 2.75) is 12.8 Å². The van der Waals surface area contributed by atoms with Gasteiger partial charge in [0.2, 0.25) is 0 Å². The van der Waals surface area contributed by atoms with Gasteiger partial charge in [0.25, 0.3) is 0 Å². The molecule has 1 heterocycles. The molecule has 20 heavy (non-hydrogen) atoms. The van der Waals surface area contributed by atoms with Crippen LogP contribution in [0.4, 0.5) is 10.5 Å². The van der Waals surface area contributed by atoms with Gasteiger partial charge in [-0.25, -0.2) is 4.79 Å². The predicted octanol–water partition coefficient (Wildman–Crippen LogP) is 2.59. The predicted molar refractivity (Wildman–Crippen MR) is 78.2 cm³/mol. The number of ether oxygens (including phenoxy) is 2. The molecular formula is C15H22N2O3. The Hall–Kier alpha value is -1.75. The molecule has 0 saturated carbocycles. The first-order chi connectivity index (χ1) is 9.70. The fraction of sp³-hybridized carbons (Fsp3) is 0.533. The van der Waals surface area contributed by atoms with Gasteiger partial charge in [0.15, 0.2) is 0 Å². The molecule has 5 heteroatoms. The molecule has 1 aromatic rings. The van der Waals surface area contributed by atoms with Crippen LogP contribution in [0.2, 0.25) is 0 Å². The third-order valence-electron chi connectivity index (χ3n) is 3.57. The van der Waals surface area contributed by atoms with Gasteiger partial charge in [0.1, 0.15) is 5.75 Å². The summed E-state index contributed by atoms with van der Waals surface area (Å²) < 4.78 is 10.6. The van der Waals surface area contributed by atoms with Crippen molar-refractivity contribution in [1.82, 2.24) is 4.90 Å². The summed E-state index contributed by atoms with van der Waals surface area (Å²) in [5.74, 6) is 1.19. The smallest absolute Gasteiger partial charge is 0.321 e. The third-order valence-corrected chi connectivity index (χ3v) is 3.57. The first-order valence-electron chi connectivity index (χ1n) is 6.93. The average molecular weight is 278 g/mol. The number of para-hydroxylation sites is 2. The van der Waals surface area contributed by atoms with Gasteiger partial charge >= 0.3 is 6.03 Å². The van der Waals surface area contributed by atoms with Gasteiger partial charge in [-0.15, -0.1) is 0 Å². The Labute approximate surface area is 119 Å². The Bertz CT molecular complexity index is 444. The topological polar surface area (TPSA) is 50.8 Å². The van der Waals surface area contributed by atoms with E-state index in [4.69, 9.17) is 9.47 Å². The van der Waals surface area contributed by atoms with E-state index >= 15 is 0 Å². The summed E-state index contributed by atoms with van der Waals surface area (Å²) in [4.78, 5) is 13.9. The first kappa shape index (κ1) is 14.7. The Balaban J connectivity index is 1.90. The highest BCUT2D eigenvalue weighted by molar-refractivity contribution is 5.90. The monoisotopic (exact) mass is 278 g/mol. The zero-order chi connectivity index (χ0) is 14.4. The maximum Gasteiger partial charge on any atom is 0.321 e. The van der Waals surface area contributed by atoms with Crippen molar-refractivity contribution in [2.75, 3.05) is 39.2 Å². The van der Waals surface area contributed by atoms with Gasteiger partial charge in [0, 0.05) is 26.8 Å². The van der Waals surface area contributed by atoms with E-state index in [1.54, 1.807) is 12.0 Å². The number of amides is 2. The van der Waals surface area contributed by atoms with Crippen LogP contribution >= 0.6 is 0 Å². The Kier molecular flexibility index (Phi) is 5.24. The summed E-state index contributed by atoms with van der Waals surface area (Å²) >= 11 is 0. The summed E-state index contributed by atoms with van der Waals surface area (Å²) in [5.41, 5.74) is 0.693. The van der Waals surface area contributed by atoms with Gasteiger partial charge in [-0.2, -0.15) is 0 Å². The number of rotatable bonds is 4. The summed E-state index contributed by atoms with van der Waals surface area (Å²) in [5, 5.41) is 2.88. The molecule has 1 aromatic carbocycles. The third kappa shape index (κ3) is 3.87. The van der Waals surface area contributed by atoms with Crippen molar-refractivity contribution >= 4 is 11.7 Å². The van der Waals surface area contributed by atoms with E-state index in [0.29, 0.717) is 17.4 Å². The van der Waals surface area contributed by atoms with Crippen LogP contribution in [0.25, 0.3) is 0 Å². The second kappa shape index (κ2) is 7.14. The second-order valence-electron chi connectivity index (χ2n) is 5.07. The summed E-state index contributed by atoms with van der Waals surface area (Å²) in [6.45, 7) is 2.35. The number of carbonyl (C=O) groups excluding carboxylic acids is 1. The zero-order valence-corrected chi connectivity index (χ0v) is 12.1. The van der Waals surface area contributed by atoms with Crippen molar-refractivity contribution in [2.24, 2.45) is 5.92 Å². The van der Waals surface area contributed by atoms with Crippen LogP contribution in [-0.2, 0) is 4.74 Å². The van der Waals surface area contributed by atoms with E-state index in [1.165, 1.54) is 0 Å². The molecule has 1 aliphatic rings.